The molecule has 0 atom stereocenters. The van der Waals surface area contributed by atoms with E-state index in [1.165, 1.54) is 0 Å². The van der Waals surface area contributed by atoms with Gasteiger partial charge in [0.15, 0.2) is 0 Å². The Morgan fingerprint density at radius 1 is 1.19 bits per heavy atom. The van der Waals surface area contributed by atoms with Gasteiger partial charge in [-0.05, 0) is 24.3 Å². The summed E-state index contributed by atoms with van der Waals surface area (Å²) in [5.74, 6) is 0.0380. The second-order valence-corrected chi connectivity index (χ2v) is 6.12. The smallest absolute Gasteiger partial charge is 0.238 e. The molecule has 1 aromatic rings. The predicted octanol–water partition coefficient (Wildman–Crippen LogP) is 0.868. The molecule has 5 nitrogen and oxygen atoms in total. The molecule has 2 saturated heterocycles. The van der Waals surface area contributed by atoms with Crippen LogP contribution in [0.1, 0.15) is 0 Å². The van der Waals surface area contributed by atoms with Crippen molar-refractivity contribution in [3.63, 3.8) is 0 Å². The minimum Gasteiger partial charge on any atom is -0.325 e. The van der Waals surface area contributed by atoms with Gasteiger partial charge in [-0.1, -0.05) is 11.6 Å². The van der Waals surface area contributed by atoms with Crippen molar-refractivity contribution in [2.75, 3.05) is 51.1 Å². The van der Waals surface area contributed by atoms with Gasteiger partial charge in [-0.25, -0.2) is 0 Å². The molecule has 0 bridgehead atoms. The monoisotopic (exact) mass is 308 g/mol. The lowest BCUT2D eigenvalue weighted by molar-refractivity contribution is -0.117. The molecule has 0 saturated carbocycles. The zero-order chi connectivity index (χ0) is 14.7. The predicted molar refractivity (Wildman–Crippen MR) is 84.8 cm³/mol. The molecule has 21 heavy (non-hydrogen) atoms. The number of hydrogen-bond donors (Lipinski definition) is 2. The fourth-order valence-electron chi connectivity index (χ4n) is 2.76. The number of rotatable bonds is 4. The first-order valence-corrected chi connectivity index (χ1v) is 7.81. The Balaban J connectivity index is 1.42. The summed E-state index contributed by atoms with van der Waals surface area (Å²) < 4.78 is 0. The summed E-state index contributed by atoms with van der Waals surface area (Å²) in [5, 5.41) is 6.89. The van der Waals surface area contributed by atoms with Crippen LogP contribution >= 0.6 is 11.6 Å². The molecule has 0 aliphatic carbocycles. The maximum Gasteiger partial charge on any atom is 0.238 e. The molecule has 2 aliphatic rings. The van der Waals surface area contributed by atoms with Crippen LogP contribution in [0.2, 0.25) is 5.02 Å². The van der Waals surface area contributed by atoms with E-state index in [4.69, 9.17) is 11.6 Å². The molecule has 0 radical (unpaired) electrons. The third-order valence-corrected chi connectivity index (χ3v) is 4.43. The van der Waals surface area contributed by atoms with Crippen LogP contribution in [0.25, 0.3) is 0 Å². The minimum absolute atomic E-state index is 0.0380. The summed E-state index contributed by atoms with van der Waals surface area (Å²) in [6, 6.07) is 7.91. The Labute approximate surface area is 130 Å². The van der Waals surface area contributed by atoms with E-state index in [0.29, 0.717) is 17.6 Å². The van der Waals surface area contributed by atoms with Crippen molar-refractivity contribution in [3.05, 3.63) is 29.3 Å². The van der Waals surface area contributed by atoms with Crippen molar-refractivity contribution in [1.29, 1.82) is 0 Å². The zero-order valence-corrected chi connectivity index (χ0v) is 12.8. The Bertz CT molecular complexity index is 481. The van der Waals surface area contributed by atoms with Crippen LogP contribution in [-0.2, 0) is 4.79 Å². The number of benzene rings is 1. The summed E-state index contributed by atoms with van der Waals surface area (Å²) in [7, 11) is 0. The number of nitrogens with one attached hydrogen (secondary N) is 2. The highest BCUT2D eigenvalue weighted by atomic mass is 35.5. The molecule has 1 aromatic carbocycles. The largest absolute Gasteiger partial charge is 0.325 e. The van der Waals surface area contributed by atoms with E-state index in [1.807, 2.05) is 12.1 Å². The molecule has 0 aromatic heterocycles. The number of halogens is 1. The average molecular weight is 309 g/mol. The molecule has 114 valence electrons. The van der Waals surface area contributed by atoms with Gasteiger partial charge in [0, 0.05) is 56.0 Å². The fourth-order valence-corrected chi connectivity index (χ4v) is 2.88. The van der Waals surface area contributed by atoms with Gasteiger partial charge >= 0.3 is 0 Å². The first-order valence-electron chi connectivity index (χ1n) is 7.43. The molecular formula is C15H21ClN4O. The number of piperazine rings is 1. The summed E-state index contributed by atoms with van der Waals surface area (Å²) in [5.41, 5.74) is 0.795. The van der Waals surface area contributed by atoms with E-state index in [2.05, 4.69) is 20.4 Å². The van der Waals surface area contributed by atoms with Crippen molar-refractivity contribution < 1.29 is 4.79 Å². The number of carbonyl (C=O) groups excluding carboxylic acids is 1. The zero-order valence-electron chi connectivity index (χ0n) is 12.0. The van der Waals surface area contributed by atoms with E-state index in [0.717, 1.165) is 45.0 Å². The number of anilines is 1. The van der Waals surface area contributed by atoms with Crippen LogP contribution in [0.3, 0.4) is 0 Å². The van der Waals surface area contributed by atoms with E-state index in [-0.39, 0.29) is 5.91 Å². The van der Waals surface area contributed by atoms with Gasteiger partial charge in [-0.2, -0.15) is 0 Å². The summed E-state index contributed by atoms with van der Waals surface area (Å²) >= 11 is 5.83. The normalized spacial score (nSPS) is 21.0. The molecular weight excluding hydrogens is 288 g/mol. The highest BCUT2D eigenvalue weighted by Gasteiger charge is 2.28. The van der Waals surface area contributed by atoms with Crippen LogP contribution in [0.5, 0.6) is 0 Å². The molecule has 0 spiro atoms. The lowest BCUT2D eigenvalue weighted by Crippen LogP contribution is -2.61. The van der Waals surface area contributed by atoms with Gasteiger partial charge < -0.3 is 10.6 Å². The van der Waals surface area contributed by atoms with Crippen molar-refractivity contribution >= 4 is 23.2 Å². The minimum atomic E-state index is 0.0380. The summed E-state index contributed by atoms with van der Waals surface area (Å²) in [6.45, 7) is 6.71. The van der Waals surface area contributed by atoms with Gasteiger partial charge in [0.25, 0.3) is 0 Å². The average Bonchev–Trinajstić information content (AvgIpc) is 2.42. The molecule has 2 fully saturated rings. The quantitative estimate of drug-likeness (QED) is 0.866. The highest BCUT2D eigenvalue weighted by molar-refractivity contribution is 6.30. The molecule has 2 N–H and O–H groups in total. The molecule has 1 amide bonds. The van der Waals surface area contributed by atoms with Gasteiger partial charge in [0.2, 0.25) is 5.91 Å². The van der Waals surface area contributed by atoms with Crippen LogP contribution in [-0.4, -0.2) is 67.6 Å². The van der Waals surface area contributed by atoms with E-state index in [1.54, 1.807) is 12.1 Å². The summed E-state index contributed by atoms with van der Waals surface area (Å²) in [6.07, 6.45) is 0. The van der Waals surface area contributed by atoms with Gasteiger partial charge in [-0.3, -0.25) is 14.6 Å². The van der Waals surface area contributed by atoms with Crippen molar-refractivity contribution in [2.45, 2.75) is 6.04 Å². The lowest BCUT2D eigenvalue weighted by atomic mass is 10.1. The Kier molecular flexibility index (Phi) is 4.75. The highest BCUT2D eigenvalue weighted by Crippen LogP contribution is 2.14. The number of amides is 1. The van der Waals surface area contributed by atoms with E-state index in [9.17, 15) is 4.79 Å². The molecule has 2 heterocycles. The lowest BCUT2D eigenvalue weighted by Gasteiger charge is -2.43. The van der Waals surface area contributed by atoms with Gasteiger partial charge in [-0.15, -0.1) is 0 Å². The van der Waals surface area contributed by atoms with Crippen molar-refractivity contribution in [1.82, 2.24) is 15.1 Å². The molecule has 3 rings (SSSR count). The number of nitrogens with zero attached hydrogens (tertiary/aromatic N) is 2. The first-order chi connectivity index (χ1) is 10.2. The third kappa shape index (κ3) is 3.95. The van der Waals surface area contributed by atoms with Crippen LogP contribution in [0.15, 0.2) is 24.3 Å². The van der Waals surface area contributed by atoms with Crippen molar-refractivity contribution in [2.24, 2.45) is 0 Å². The standard InChI is InChI=1S/C15H21ClN4O/c16-12-1-3-13(4-2-12)18-15(21)11-19-5-7-20(8-6-19)14-9-17-10-14/h1-4,14,17H,5-11H2,(H,18,21). The topological polar surface area (TPSA) is 47.6 Å². The van der Waals surface area contributed by atoms with Crippen LogP contribution in [0.4, 0.5) is 5.69 Å². The van der Waals surface area contributed by atoms with E-state index >= 15 is 0 Å². The SMILES string of the molecule is O=C(CN1CCN(C2CNC2)CC1)Nc1ccc(Cl)cc1. The summed E-state index contributed by atoms with van der Waals surface area (Å²) in [4.78, 5) is 16.8. The maximum atomic E-state index is 12.0. The third-order valence-electron chi connectivity index (χ3n) is 4.18. The molecule has 6 heteroatoms. The van der Waals surface area contributed by atoms with Gasteiger partial charge in [0.05, 0.1) is 6.54 Å². The Morgan fingerprint density at radius 3 is 2.43 bits per heavy atom. The Hall–Kier alpha value is -1.14. The Morgan fingerprint density at radius 2 is 1.86 bits per heavy atom. The second-order valence-electron chi connectivity index (χ2n) is 5.68. The fraction of sp³-hybridized carbons (Fsp3) is 0.533. The van der Waals surface area contributed by atoms with Crippen LogP contribution in [0, 0.1) is 0 Å². The maximum absolute atomic E-state index is 12.0. The number of hydrogen-bond acceptors (Lipinski definition) is 4. The van der Waals surface area contributed by atoms with Crippen LogP contribution < -0.4 is 10.6 Å². The van der Waals surface area contributed by atoms with Gasteiger partial charge in [0.1, 0.15) is 0 Å². The first kappa shape index (κ1) is 14.8. The molecule has 2 aliphatic heterocycles. The number of carbonyl (C=O) groups is 1. The molecule has 0 unspecified atom stereocenters. The van der Waals surface area contributed by atoms with E-state index < -0.39 is 0 Å². The van der Waals surface area contributed by atoms with Crippen molar-refractivity contribution in [3.8, 4) is 0 Å². The second kappa shape index (κ2) is 6.75.